The molecular formula is C19H19FN2O5. The number of nitrogens with one attached hydrogen (secondary N) is 2. The van der Waals surface area contributed by atoms with E-state index in [9.17, 15) is 14.0 Å². The van der Waals surface area contributed by atoms with Crippen molar-refractivity contribution in [2.45, 2.75) is 12.5 Å². The Balaban J connectivity index is 1.56. The molecule has 0 saturated heterocycles. The van der Waals surface area contributed by atoms with E-state index in [-0.39, 0.29) is 18.3 Å². The van der Waals surface area contributed by atoms with Crippen molar-refractivity contribution in [3.05, 3.63) is 53.8 Å². The number of ether oxygens (including phenoxy) is 3. The molecule has 1 heterocycles. The third kappa shape index (κ3) is 4.95. The molecule has 142 valence electrons. The molecule has 0 unspecified atom stereocenters. The van der Waals surface area contributed by atoms with Crippen molar-refractivity contribution in [1.82, 2.24) is 0 Å². The van der Waals surface area contributed by atoms with Crippen molar-refractivity contribution in [1.29, 1.82) is 0 Å². The minimum atomic E-state index is -0.738. The summed E-state index contributed by atoms with van der Waals surface area (Å²) in [6.07, 6.45) is -1.06. The highest BCUT2D eigenvalue weighted by molar-refractivity contribution is 5.96. The zero-order valence-electron chi connectivity index (χ0n) is 14.7. The summed E-state index contributed by atoms with van der Waals surface area (Å²) in [7, 11) is 1.51. The number of hydrogen-bond acceptors (Lipinski definition) is 5. The number of benzene rings is 2. The Morgan fingerprint density at radius 3 is 2.70 bits per heavy atom. The third-order valence-corrected chi connectivity index (χ3v) is 3.89. The van der Waals surface area contributed by atoms with Crippen molar-refractivity contribution < 1.29 is 28.2 Å². The molecular weight excluding hydrogens is 355 g/mol. The normalized spacial score (nSPS) is 14.8. The number of carbonyl (C=O) groups is 2. The summed E-state index contributed by atoms with van der Waals surface area (Å²) in [5.74, 6) is -0.216. The fraction of sp³-hybridized carbons (Fsp3) is 0.263. The second-order valence-corrected chi connectivity index (χ2v) is 5.89. The highest BCUT2D eigenvalue weighted by atomic mass is 19.1. The van der Waals surface area contributed by atoms with Gasteiger partial charge < -0.3 is 19.5 Å². The average Bonchev–Trinajstić information content (AvgIpc) is 3.05. The molecule has 0 bridgehead atoms. The molecule has 2 aromatic rings. The van der Waals surface area contributed by atoms with Crippen molar-refractivity contribution >= 4 is 23.4 Å². The summed E-state index contributed by atoms with van der Waals surface area (Å²) in [4.78, 5) is 24.1. The van der Waals surface area contributed by atoms with Gasteiger partial charge in [0, 0.05) is 30.5 Å². The number of fused-ring (bicyclic) bond motifs is 1. The predicted molar refractivity (Wildman–Crippen MR) is 96.4 cm³/mol. The van der Waals surface area contributed by atoms with Crippen LogP contribution in [0.15, 0.2) is 42.5 Å². The van der Waals surface area contributed by atoms with Gasteiger partial charge in [-0.2, -0.15) is 0 Å². The SMILES string of the molecule is COCCOC(=O)Nc1cccc(NC(=O)[C@@H]2Cc3cc(F)ccc3O2)c1. The summed E-state index contributed by atoms with van der Waals surface area (Å²) in [5, 5.41) is 5.29. The number of rotatable bonds is 6. The lowest BCUT2D eigenvalue weighted by Crippen LogP contribution is -2.31. The van der Waals surface area contributed by atoms with Crippen LogP contribution in [0.4, 0.5) is 20.6 Å². The molecule has 0 aromatic heterocycles. The van der Waals surface area contributed by atoms with Gasteiger partial charge in [-0.25, -0.2) is 9.18 Å². The van der Waals surface area contributed by atoms with Gasteiger partial charge in [0.1, 0.15) is 18.2 Å². The molecule has 2 amide bonds. The van der Waals surface area contributed by atoms with Crippen LogP contribution in [0.3, 0.4) is 0 Å². The van der Waals surface area contributed by atoms with E-state index in [1.807, 2.05) is 0 Å². The Hall–Kier alpha value is -3.13. The number of amides is 2. The van der Waals surface area contributed by atoms with Crippen LogP contribution in [0.1, 0.15) is 5.56 Å². The van der Waals surface area contributed by atoms with Gasteiger partial charge in [0.05, 0.1) is 6.61 Å². The maximum absolute atomic E-state index is 13.3. The predicted octanol–water partition coefficient (Wildman–Crippen LogP) is 2.96. The molecule has 7 nitrogen and oxygen atoms in total. The molecule has 0 saturated carbocycles. The fourth-order valence-corrected chi connectivity index (χ4v) is 2.63. The monoisotopic (exact) mass is 374 g/mol. The van der Waals surface area contributed by atoms with E-state index in [1.165, 1.54) is 25.3 Å². The van der Waals surface area contributed by atoms with Gasteiger partial charge in [0.15, 0.2) is 6.10 Å². The van der Waals surface area contributed by atoms with Crippen molar-refractivity contribution in [2.75, 3.05) is 31.0 Å². The lowest BCUT2D eigenvalue weighted by atomic mass is 10.1. The minimum Gasteiger partial charge on any atom is -0.480 e. The molecule has 3 rings (SSSR count). The number of anilines is 2. The van der Waals surface area contributed by atoms with E-state index in [0.717, 1.165) is 0 Å². The third-order valence-electron chi connectivity index (χ3n) is 3.89. The lowest BCUT2D eigenvalue weighted by molar-refractivity contribution is -0.122. The topological polar surface area (TPSA) is 85.9 Å². The van der Waals surface area contributed by atoms with Crippen LogP contribution in [0, 0.1) is 5.82 Å². The molecule has 1 aliphatic rings. The number of carbonyl (C=O) groups excluding carboxylic acids is 2. The van der Waals surface area contributed by atoms with E-state index < -0.39 is 12.2 Å². The average molecular weight is 374 g/mol. The fourth-order valence-electron chi connectivity index (χ4n) is 2.63. The van der Waals surface area contributed by atoms with Gasteiger partial charge in [0.2, 0.25) is 0 Å². The smallest absolute Gasteiger partial charge is 0.411 e. The molecule has 8 heteroatoms. The van der Waals surface area contributed by atoms with E-state index in [4.69, 9.17) is 14.2 Å². The molecule has 2 N–H and O–H groups in total. The summed E-state index contributed by atoms with van der Waals surface area (Å²) in [5.41, 5.74) is 1.61. The Morgan fingerprint density at radius 2 is 1.93 bits per heavy atom. The largest absolute Gasteiger partial charge is 0.480 e. The summed E-state index contributed by atoms with van der Waals surface area (Å²) < 4.78 is 28.6. The maximum Gasteiger partial charge on any atom is 0.411 e. The standard InChI is InChI=1S/C19H19FN2O5/c1-25-7-8-26-19(24)22-15-4-2-3-14(11-15)21-18(23)17-10-12-9-13(20)5-6-16(12)27-17/h2-6,9,11,17H,7-8,10H2,1H3,(H,21,23)(H,22,24)/t17-/m0/s1. The van der Waals surface area contributed by atoms with E-state index >= 15 is 0 Å². The van der Waals surface area contributed by atoms with Crippen LogP contribution < -0.4 is 15.4 Å². The number of halogens is 1. The highest BCUT2D eigenvalue weighted by Gasteiger charge is 2.29. The minimum absolute atomic E-state index is 0.138. The van der Waals surface area contributed by atoms with Crippen LogP contribution in [0.5, 0.6) is 5.75 Å². The van der Waals surface area contributed by atoms with Crippen molar-refractivity contribution in [3.63, 3.8) is 0 Å². The molecule has 1 aliphatic heterocycles. The maximum atomic E-state index is 13.3. The van der Waals surface area contributed by atoms with E-state index in [1.54, 1.807) is 24.3 Å². The first-order valence-corrected chi connectivity index (χ1v) is 8.34. The second-order valence-electron chi connectivity index (χ2n) is 5.89. The van der Waals surface area contributed by atoms with Crippen LogP contribution >= 0.6 is 0 Å². The molecule has 0 radical (unpaired) electrons. The van der Waals surface area contributed by atoms with Crippen molar-refractivity contribution in [3.8, 4) is 5.75 Å². The van der Waals surface area contributed by atoms with Crippen LogP contribution in [-0.4, -0.2) is 38.4 Å². The second kappa shape index (κ2) is 8.50. The summed E-state index contributed by atoms with van der Waals surface area (Å²) in [6.45, 7) is 0.441. The van der Waals surface area contributed by atoms with Crippen molar-refractivity contribution in [2.24, 2.45) is 0 Å². The molecule has 0 aliphatic carbocycles. The Kier molecular flexibility index (Phi) is 5.87. The van der Waals surface area contributed by atoms with Crippen LogP contribution in [0.25, 0.3) is 0 Å². The Morgan fingerprint density at radius 1 is 1.15 bits per heavy atom. The van der Waals surface area contributed by atoms with Gasteiger partial charge in [-0.3, -0.25) is 10.1 Å². The number of methoxy groups -OCH3 is 1. The van der Waals surface area contributed by atoms with Gasteiger partial charge in [-0.15, -0.1) is 0 Å². The first kappa shape index (κ1) is 18.7. The lowest BCUT2D eigenvalue weighted by Gasteiger charge is -2.12. The first-order valence-electron chi connectivity index (χ1n) is 8.34. The van der Waals surface area contributed by atoms with E-state index in [0.29, 0.717) is 35.7 Å². The Labute approximate surface area is 155 Å². The first-order chi connectivity index (χ1) is 13.0. The zero-order valence-corrected chi connectivity index (χ0v) is 14.7. The van der Waals surface area contributed by atoms with E-state index in [2.05, 4.69) is 10.6 Å². The summed E-state index contributed by atoms with van der Waals surface area (Å²) in [6, 6.07) is 10.8. The molecule has 0 spiro atoms. The highest BCUT2D eigenvalue weighted by Crippen LogP contribution is 2.30. The van der Waals surface area contributed by atoms with Gasteiger partial charge >= 0.3 is 6.09 Å². The van der Waals surface area contributed by atoms with Crippen LogP contribution in [0.2, 0.25) is 0 Å². The molecule has 0 fully saturated rings. The summed E-state index contributed by atoms with van der Waals surface area (Å²) >= 11 is 0. The van der Waals surface area contributed by atoms with Crippen LogP contribution in [-0.2, 0) is 20.7 Å². The quantitative estimate of drug-likeness (QED) is 0.760. The zero-order chi connectivity index (χ0) is 19.2. The molecule has 1 atom stereocenters. The van der Waals surface area contributed by atoms with Gasteiger partial charge in [0.25, 0.3) is 5.91 Å². The number of hydrogen-bond donors (Lipinski definition) is 2. The Bertz CT molecular complexity index is 843. The molecule has 27 heavy (non-hydrogen) atoms. The van der Waals surface area contributed by atoms with Gasteiger partial charge in [-0.05, 0) is 36.4 Å². The molecule has 2 aromatic carbocycles. The van der Waals surface area contributed by atoms with Gasteiger partial charge in [-0.1, -0.05) is 6.07 Å².